The van der Waals surface area contributed by atoms with Gasteiger partial charge in [-0.05, 0) is 55.5 Å². The Morgan fingerprint density at radius 1 is 1.00 bits per heavy atom. The quantitative estimate of drug-likeness (QED) is 0.466. The second kappa shape index (κ2) is 8.27. The fourth-order valence-corrected chi connectivity index (χ4v) is 6.40. The molecule has 1 fully saturated rings. The molecule has 0 saturated carbocycles. The van der Waals surface area contributed by atoms with Gasteiger partial charge in [0.05, 0.1) is 4.92 Å². The van der Waals surface area contributed by atoms with E-state index in [9.17, 15) is 23.3 Å². The fraction of sp³-hybridized carbons (Fsp3) is 0.348. The van der Waals surface area contributed by atoms with E-state index in [0.717, 1.165) is 30.2 Å². The number of nitro groups is 1. The van der Waals surface area contributed by atoms with Gasteiger partial charge >= 0.3 is 0 Å². The van der Waals surface area contributed by atoms with Gasteiger partial charge in [-0.2, -0.15) is 4.31 Å². The maximum atomic E-state index is 13.2. The van der Waals surface area contributed by atoms with Crippen LogP contribution in [-0.4, -0.2) is 59.6 Å². The molecule has 0 atom stereocenters. The summed E-state index contributed by atoms with van der Waals surface area (Å²) in [6.45, 7) is 0.619. The number of carbonyl (C=O) groups is 1. The molecule has 1 amide bonds. The lowest BCUT2D eigenvalue weighted by atomic mass is 9.95. The van der Waals surface area contributed by atoms with Gasteiger partial charge in [0, 0.05) is 54.4 Å². The zero-order valence-corrected chi connectivity index (χ0v) is 18.8. The number of hydrogen-bond donors (Lipinski definition) is 1. The predicted molar refractivity (Wildman–Crippen MR) is 123 cm³/mol. The summed E-state index contributed by atoms with van der Waals surface area (Å²) in [6.07, 6.45) is 4.36. The molecule has 1 aromatic heterocycles. The average Bonchev–Trinajstić information content (AvgIpc) is 3.21. The summed E-state index contributed by atoms with van der Waals surface area (Å²) < 4.78 is 27.3. The number of rotatable bonds is 4. The number of amides is 1. The minimum Gasteiger partial charge on any atom is -0.358 e. The van der Waals surface area contributed by atoms with Gasteiger partial charge in [-0.3, -0.25) is 14.9 Å². The van der Waals surface area contributed by atoms with Crippen molar-refractivity contribution in [2.75, 3.05) is 26.2 Å². The van der Waals surface area contributed by atoms with Crippen molar-refractivity contribution in [3.63, 3.8) is 0 Å². The van der Waals surface area contributed by atoms with Gasteiger partial charge in [-0.1, -0.05) is 12.1 Å². The average molecular weight is 469 g/mol. The van der Waals surface area contributed by atoms with Gasteiger partial charge in [0.2, 0.25) is 10.0 Å². The van der Waals surface area contributed by atoms with Crippen molar-refractivity contribution in [1.29, 1.82) is 0 Å². The number of hydrogen-bond acceptors (Lipinski definition) is 5. The van der Waals surface area contributed by atoms with Crippen molar-refractivity contribution in [1.82, 2.24) is 14.2 Å². The number of nitrogens with zero attached hydrogens (tertiary/aromatic N) is 3. The fourth-order valence-electron chi connectivity index (χ4n) is 4.82. The standard InChI is InChI=1S/C23H24N4O5S/c28-23(16-9-10-20-18(15-16)17-5-1-2-6-19(17)24-20)25-11-13-26(14-12-25)33(31,32)22-8-4-3-7-21(22)27(29)30/h3-4,7-10,15,24H,1-2,5-6,11-14H2. The van der Waals surface area contributed by atoms with Crippen LogP contribution in [0.4, 0.5) is 5.69 Å². The Bertz CT molecular complexity index is 1360. The highest BCUT2D eigenvalue weighted by atomic mass is 32.2. The van der Waals surface area contributed by atoms with Crippen molar-refractivity contribution >= 4 is 32.5 Å². The van der Waals surface area contributed by atoms with Gasteiger partial charge in [0.25, 0.3) is 11.6 Å². The van der Waals surface area contributed by atoms with Crippen molar-refractivity contribution in [2.45, 2.75) is 30.6 Å². The summed E-state index contributed by atoms with van der Waals surface area (Å²) in [5, 5.41) is 12.4. The summed E-state index contributed by atoms with van der Waals surface area (Å²) in [4.78, 5) is 28.5. The van der Waals surface area contributed by atoms with E-state index in [1.54, 1.807) is 4.90 Å². The third-order valence-electron chi connectivity index (χ3n) is 6.55. The number of aromatic nitrogens is 1. The number of aromatic amines is 1. The number of aryl methyl sites for hydroxylation is 2. The lowest BCUT2D eigenvalue weighted by molar-refractivity contribution is -0.387. The highest BCUT2D eigenvalue weighted by molar-refractivity contribution is 7.89. The molecule has 1 N–H and O–H groups in total. The Labute approximate surface area is 191 Å². The Balaban J connectivity index is 1.33. The zero-order valence-electron chi connectivity index (χ0n) is 18.0. The molecule has 1 aliphatic heterocycles. The minimum absolute atomic E-state index is 0.0852. The zero-order chi connectivity index (χ0) is 23.2. The molecule has 2 aromatic carbocycles. The molecule has 1 saturated heterocycles. The van der Waals surface area contributed by atoms with E-state index in [-0.39, 0.29) is 37.0 Å². The smallest absolute Gasteiger partial charge is 0.289 e. The number of H-pyrrole nitrogens is 1. The molecule has 9 nitrogen and oxygen atoms in total. The molecule has 5 rings (SSSR count). The Hall–Kier alpha value is -3.24. The summed E-state index contributed by atoms with van der Waals surface area (Å²) in [5.74, 6) is -0.134. The van der Waals surface area contributed by atoms with Crippen molar-refractivity contribution in [3.8, 4) is 0 Å². The van der Waals surface area contributed by atoms with Crippen LogP contribution in [0.5, 0.6) is 0 Å². The topological polar surface area (TPSA) is 117 Å². The third kappa shape index (κ3) is 3.79. The number of carbonyl (C=O) groups excluding carboxylic acids is 1. The maximum absolute atomic E-state index is 13.2. The first-order valence-corrected chi connectivity index (χ1v) is 12.5. The van der Waals surface area contributed by atoms with Gasteiger partial charge in [-0.25, -0.2) is 8.42 Å². The van der Waals surface area contributed by atoms with Gasteiger partial charge in [0.15, 0.2) is 4.90 Å². The molecule has 0 unspecified atom stereocenters. The second-order valence-electron chi connectivity index (χ2n) is 8.47. The van der Waals surface area contributed by atoms with Gasteiger partial charge in [0.1, 0.15) is 0 Å². The summed E-state index contributed by atoms with van der Waals surface area (Å²) in [7, 11) is -4.03. The molecule has 2 aliphatic rings. The van der Waals surface area contributed by atoms with E-state index in [2.05, 4.69) is 4.98 Å². The normalized spacial score (nSPS) is 17.2. The number of benzene rings is 2. The predicted octanol–water partition coefficient (Wildman–Crippen LogP) is 3.10. The van der Waals surface area contributed by atoms with Crippen molar-refractivity contribution in [2.24, 2.45) is 0 Å². The molecule has 1 aliphatic carbocycles. The van der Waals surface area contributed by atoms with Crippen LogP contribution >= 0.6 is 0 Å². The number of fused-ring (bicyclic) bond motifs is 3. The van der Waals surface area contributed by atoms with Gasteiger partial charge < -0.3 is 9.88 Å². The first-order chi connectivity index (χ1) is 15.9. The molecule has 33 heavy (non-hydrogen) atoms. The Morgan fingerprint density at radius 3 is 2.48 bits per heavy atom. The molecule has 2 heterocycles. The van der Waals surface area contributed by atoms with E-state index >= 15 is 0 Å². The monoisotopic (exact) mass is 468 g/mol. The third-order valence-corrected chi connectivity index (χ3v) is 8.50. The van der Waals surface area contributed by atoms with Crippen LogP contribution in [0, 0.1) is 10.1 Å². The number of sulfonamides is 1. The number of nitrogens with one attached hydrogen (secondary N) is 1. The van der Waals surface area contributed by atoms with Crippen LogP contribution in [0.1, 0.15) is 34.5 Å². The van der Waals surface area contributed by atoms with Crippen LogP contribution in [0.2, 0.25) is 0 Å². The SMILES string of the molecule is O=C(c1ccc2[nH]c3c(c2c1)CCCC3)N1CCN(S(=O)(=O)c2ccccc2[N+](=O)[O-])CC1. The van der Waals surface area contributed by atoms with E-state index in [1.165, 1.54) is 46.2 Å². The van der Waals surface area contributed by atoms with E-state index in [1.807, 2.05) is 18.2 Å². The molecule has 10 heteroatoms. The molecule has 0 spiro atoms. The van der Waals surface area contributed by atoms with E-state index < -0.39 is 20.6 Å². The largest absolute Gasteiger partial charge is 0.358 e. The Morgan fingerprint density at radius 2 is 1.73 bits per heavy atom. The van der Waals surface area contributed by atoms with E-state index in [0.29, 0.717) is 5.56 Å². The number of nitro benzene ring substituents is 1. The molecular formula is C23H24N4O5S. The number of piperazine rings is 1. The van der Waals surface area contributed by atoms with Crippen LogP contribution in [0.3, 0.4) is 0 Å². The van der Waals surface area contributed by atoms with Crippen molar-refractivity contribution < 1.29 is 18.1 Å². The second-order valence-corrected chi connectivity index (χ2v) is 10.4. The summed E-state index contributed by atoms with van der Waals surface area (Å²) >= 11 is 0. The highest BCUT2D eigenvalue weighted by Crippen LogP contribution is 2.31. The van der Waals surface area contributed by atoms with Gasteiger partial charge in [-0.15, -0.1) is 0 Å². The van der Waals surface area contributed by atoms with Crippen LogP contribution < -0.4 is 0 Å². The first-order valence-electron chi connectivity index (χ1n) is 11.0. The van der Waals surface area contributed by atoms with E-state index in [4.69, 9.17) is 0 Å². The van der Waals surface area contributed by atoms with Crippen LogP contribution in [0.15, 0.2) is 47.4 Å². The first kappa shape index (κ1) is 21.6. The lowest BCUT2D eigenvalue weighted by Crippen LogP contribution is -2.50. The Kier molecular flexibility index (Phi) is 5.41. The molecule has 3 aromatic rings. The highest BCUT2D eigenvalue weighted by Gasteiger charge is 2.34. The summed E-state index contributed by atoms with van der Waals surface area (Å²) in [6, 6.07) is 11.0. The summed E-state index contributed by atoms with van der Waals surface area (Å²) in [5.41, 5.74) is 3.74. The van der Waals surface area contributed by atoms with Crippen LogP contribution in [-0.2, 0) is 22.9 Å². The number of para-hydroxylation sites is 1. The lowest BCUT2D eigenvalue weighted by Gasteiger charge is -2.34. The van der Waals surface area contributed by atoms with Crippen LogP contribution in [0.25, 0.3) is 10.9 Å². The molecule has 0 radical (unpaired) electrons. The molecule has 172 valence electrons. The molecular weight excluding hydrogens is 444 g/mol. The maximum Gasteiger partial charge on any atom is 0.289 e. The minimum atomic E-state index is -4.03. The molecule has 0 bridgehead atoms. The van der Waals surface area contributed by atoms with Crippen molar-refractivity contribution in [3.05, 3.63) is 69.4 Å².